The largest absolute Gasteiger partial charge is 0.377 e. The van der Waals surface area contributed by atoms with E-state index in [2.05, 4.69) is 57.3 Å². The van der Waals surface area contributed by atoms with Gasteiger partial charge in [-0.15, -0.1) is 0 Å². The lowest BCUT2D eigenvalue weighted by Gasteiger charge is -2.12. The van der Waals surface area contributed by atoms with Crippen LogP contribution in [0, 0.1) is 13.8 Å². The van der Waals surface area contributed by atoms with Gasteiger partial charge in [0.1, 0.15) is 12.2 Å². The second-order valence-electron chi connectivity index (χ2n) is 4.09. The van der Waals surface area contributed by atoms with Gasteiger partial charge < -0.3 is 5.32 Å². The monoisotopic (exact) mass is 294 g/mol. The van der Waals surface area contributed by atoms with Gasteiger partial charge in [0.2, 0.25) is 0 Å². The van der Waals surface area contributed by atoms with Crippen molar-refractivity contribution in [2.24, 2.45) is 7.05 Å². The average molecular weight is 295 g/mol. The molecule has 0 saturated heterocycles. The van der Waals surface area contributed by atoms with E-state index in [1.54, 1.807) is 11.0 Å². The number of nitrogens with zero attached hydrogens (tertiary/aromatic N) is 3. The number of hydrogen-bond donors (Lipinski definition) is 1. The molecule has 2 rings (SSSR count). The first-order valence-electron chi connectivity index (χ1n) is 5.41. The number of nitrogens with one attached hydrogen (secondary N) is 1. The molecule has 90 valence electrons. The average Bonchev–Trinajstić information content (AvgIpc) is 2.62. The van der Waals surface area contributed by atoms with Crippen molar-refractivity contribution < 1.29 is 0 Å². The van der Waals surface area contributed by atoms with E-state index in [1.807, 2.05) is 7.05 Å². The Labute approximate surface area is 109 Å². The molecule has 0 saturated carbocycles. The van der Waals surface area contributed by atoms with E-state index in [-0.39, 0.29) is 0 Å². The van der Waals surface area contributed by atoms with Crippen LogP contribution in [0.15, 0.2) is 22.9 Å². The summed E-state index contributed by atoms with van der Waals surface area (Å²) in [6, 6.07) is 4.26. The fourth-order valence-electron chi connectivity index (χ4n) is 1.79. The number of aryl methyl sites for hydroxylation is 3. The Balaban J connectivity index is 2.17. The van der Waals surface area contributed by atoms with Gasteiger partial charge in [0.25, 0.3) is 0 Å². The van der Waals surface area contributed by atoms with Gasteiger partial charge in [-0.2, -0.15) is 5.10 Å². The van der Waals surface area contributed by atoms with Gasteiger partial charge >= 0.3 is 0 Å². The van der Waals surface area contributed by atoms with Gasteiger partial charge in [0, 0.05) is 11.5 Å². The number of aromatic nitrogens is 3. The van der Waals surface area contributed by atoms with Crippen LogP contribution in [0.3, 0.4) is 0 Å². The van der Waals surface area contributed by atoms with Crippen LogP contribution >= 0.6 is 15.9 Å². The standard InChI is InChI=1S/C12H15BrN4/c1-8-4-9(2)12(10(13)5-8)14-6-11-15-7-16-17(11)3/h4-5,7,14H,6H2,1-3H3. The SMILES string of the molecule is Cc1cc(C)c(NCc2ncnn2C)c(Br)c1. The fraction of sp³-hybridized carbons (Fsp3) is 0.333. The lowest BCUT2D eigenvalue weighted by atomic mass is 10.1. The molecule has 0 aliphatic heterocycles. The Hall–Kier alpha value is -1.36. The Kier molecular flexibility index (Phi) is 3.47. The molecule has 0 radical (unpaired) electrons. The van der Waals surface area contributed by atoms with Gasteiger partial charge in [-0.05, 0) is 47.0 Å². The number of rotatable bonds is 3. The summed E-state index contributed by atoms with van der Waals surface area (Å²) in [5.74, 6) is 0.914. The summed E-state index contributed by atoms with van der Waals surface area (Å²) in [5.41, 5.74) is 3.58. The summed E-state index contributed by atoms with van der Waals surface area (Å²) in [6.07, 6.45) is 1.56. The molecule has 2 aromatic rings. The van der Waals surface area contributed by atoms with Crippen LogP contribution in [0.4, 0.5) is 5.69 Å². The third kappa shape index (κ3) is 2.66. The molecule has 0 spiro atoms. The van der Waals surface area contributed by atoms with Crippen molar-refractivity contribution in [3.63, 3.8) is 0 Å². The molecule has 17 heavy (non-hydrogen) atoms. The minimum Gasteiger partial charge on any atom is -0.377 e. The Morgan fingerprint density at radius 1 is 1.35 bits per heavy atom. The number of hydrogen-bond acceptors (Lipinski definition) is 3. The molecule has 5 heteroatoms. The number of benzene rings is 1. The molecule has 0 aliphatic carbocycles. The molecular formula is C12H15BrN4. The lowest BCUT2D eigenvalue weighted by molar-refractivity contribution is 0.712. The van der Waals surface area contributed by atoms with Crippen LogP contribution in [0.25, 0.3) is 0 Å². The summed E-state index contributed by atoms with van der Waals surface area (Å²) in [7, 11) is 1.89. The normalized spacial score (nSPS) is 10.6. The maximum Gasteiger partial charge on any atom is 0.145 e. The van der Waals surface area contributed by atoms with Crippen LogP contribution in [0.2, 0.25) is 0 Å². The first-order valence-corrected chi connectivity index (χ1v) is 6.20. The minimum absolute atomic E-state index is 0.666. The molecule has 1 aromatic carbocycles. The third-order valence-corrected chi connectivity index (χ3v) is 3.29. The molecule has 1 heterocycles. The van der Waals surface area contributed by atoms with Crippen molar-refractivity contribution in [2.45, 2.75) is 20.4 Å². The van der Waals surface area contributed by atoms with E-state index >= 15 is 0 Å². The third-order valence-electron chi connectivity index (χ3n) is 2.66. The van der Waals surface area contributed by atoms with E-state index in [1.165, 1.54) is 11.1 Å². The zero-order chi connectivity index (χ0) is 12.4. The molecule has 0 aliphatic rings. The topological polar surface area (TPSA) is 42.7 Å². The first kappa shape index (κ1) is 12.1. The highest BCUT2D eigenvalue weighted by Crippen LogP contribution is 2.27. The summed E-state index contributed by atoms with van der Waals surface area (Å²) in [5, 5.41) is 7.42. The molecule has 0 amide bonds. The highest BCUT2D eigenvalue weighted by atomic mass is 79.9. The summed E-state index contributed by atoms with van der Waals surface area (Å²) in [4.78, 5) is 4.18. The van der Waals surface area contributed by atoms with Crippen molar-refractivity contribution in [1.29, 1.82) is 0 Å². The van der Waals surface area contributed by atoms with Gasteiger partial charge in [0.05, 0.1) is 12.2 Å². The predicted octanol–water partition coefficient (Wildman–Crippen LogP) is 2.81. The quantitative estimate of drug-likeness (QED) is 0.947. The first-order chi connectivity index (χ1) is 8.08. The van der Waals surface area contributed by atoms with Gasteiger partial charge in [-0.1, -0.05) is 6.07 Å². The summed E-state index contributed by atoms with van der Waals surface area (Å²) >= 11 is 3.58. The molecule has 0 atom stereocenters. The van der Waals surface area contributed by atoms with Crippen LogP contribution in [-0.2, 0) is 13.6 Å². The molecule has 0 fully saturated rings. The Morgan fingerprint density at radius 2 is 2.12 bits per heavy atom. The fourth-order valence-corrected chi connectivity index (χ4v) is 2.60. The molecular weight excluding hydrogens is 280 g/mol. The molecule has 1 N–H and O–H groups in total. The van der Waals surface area contributed by atoms with Gasteiger partial charge in [0.15, 0.2) is 0 Å². The lowest BCUT2D eigenvalue weighted by Crippen LogP contribution is -2.08. The van der Waals surface area contributed by atoms with Crippen LogP contribution in [0.1, 0.15) is 17.0 Å². The van der Waals surface area contributed by atoms with Crippen molar-refractivity contribution >= 4 is 21.6 Å². The molecule has 0 bridgehead atoms. The predicted molar refractivity (Wildman–Crippen MR) is 71.9 cm³/mol. The van der Waals surface area contributed by atoms with E-state index in [0.717, 1.165) is 16.0 Å². The van der Waals surface area contributed by atoms with E-state index in [4.69, 9.17) is 0 Å². The van der Waals surface area contributed by atoms with Gasteiger partial charge in [-0.25, -0.2) is 4.98 Å². The van der Waals surface area contributed by atoms with Crippen LogP contribution in [0.5, 0.6) is 0 Å². The minimum atomic E-state index is 0.666. The second-order valence-corrected chi connectivity index (χ2v) is 4.95. The smallest absolute Gasteiger partial charge is 0.145 e. The van der Waals surface area contributed by atoms with E-state index < -0.39 is 0 Å². The Bertz CT molecular complexity index is 510. The second kappa shape index (κ2) is 4.87. The van der Waals surface area contributed by atoms with Crippen LogP contribution < -0.4 is 5.32 Å². The maximum atomic E-state index is 4.18. The number of anilines is 1. The van der Waals surface area contributed by atoms with Crippen molar-refractivity contribution in [1.82, 2.24) is 14.8 Å². The highest BCUT2D eigenvalue weighted by molar-refractivity contribution is 9.10. The van der Waals surface area contributed by atoms with E-state index in [0.29, 0.717) is 6.54 Å². The zero-order valence-electron chi connectivity index (χ0n) is 10.2. The van der Waals surface area contributed by atoms with E-state index in [9.17, 15) is 0 Å². The molecule has 1 aromatic heterocycles. The van der Waals surface area contributed by atoms with Crippen LogP contribution in [-0.4, -0.2) is 14.8 Å². The maximum absolute atomic E-state index is 4.18. The Morgan fingerprint density at radius 3 is 2.71 bits per heavy atom. The highest BCUT2D eigenvalue weighted by Gasteiger charge is 2.06. The molecule has 0 unspecified atom stereocenters. The zero-order valence-corrected chi connectivity index (χ0v) is 11.7. The van der Waals surface area contributed by atoms with Gasteiger partial charge in [-0.3, -0.25) is 4.68 Å². The summed E-state index contributed by atoms with van der Waals surface area (Å²) < 4.78 is 2.85. The van der Waals surface area contributed by atoms with Crippen molar-refractivity contribution in [3.8, 4) is 0 Å². The number of halogens is 1. The molecule has 4 nitrogen and oxygen atoms in total. The van der Waals surface area contributed by atoms with Crippen molar-refractivity contribution in [2.75, 3.05) is 5.32 Å². The summed E-state index contributed by atoms with van der Waals surface area (Å²) in [6.45, 7) is 4.85. The van der Waals surface area contributed by atoms with Crippen molar-refractivity contribution in [3.05, 3.63) is 39.9 Å².